The van der Waals surface area contributed by atoms with E-state index in [9.17, 15) is 27.6 Å². The lowest BCUT2D eigenvalue weighted by atomic mass is 9.85. The van der Waals surface area contributed by atoms with Crippen LogP contribution in [0, 0.1) is 17.3 Å². The van der Waals surface area contributed by atoms with Gasteiger partial charge in [0.2, 0.25) is 11.8 Å². The third kappa shape index (κ3) is 11.3. The van der Waals surface area contributed by atoms with Gasteiger partial charge >= 0.3 is 16.4 Å². The molecular formula is C45H57N7O9S2. The molecule has 4 amide bonds. The molecule has 4 aromatic rings. The van der Waals surface area contributed by atoms with Gasteiger partial charge in [0.25, 0.3) is 5.91 Å². The molecule has 5 atom stereocenters. The number of aromatic nitrogens is 2. The van der Waals surface area contributed by atoms with E-state index < -0.39 is 68.7 Å². The average Bonchev–Trinajstić information content (AvgIpc) is 3.45. The molecule has 338 valence electrons. The van der Waals surface area contributed by atoms with E-state index in [0.717, 1.165) is 16.1 Å². The Balaban J connectivity index is 1.34. The maximum absolute atomic E-state index is 14.9. The molecule has 1 aliphatic heterocycles. The molecule has 63 heavy (non-hydrogen) atoms. The topological polar surface area (TPSA) is 207 Å². The number of para-hydroxylation sites is 1. The number of ether oxygens (including phenoxy) is 2. The van der Waals surface area contributed by atoms with Crippen molar-refractivity contribution >= 4 is 61.5 Å². The lowest BCUT2D eigenvalue weighted by Gasteiger charge is -2.36. The van der Waals surface area contributed by atoms with E-state index >= 15 is 0 Å². The zero-order valence-corrected chi connectivity index (χ0v) is 38.7. The molecule has 2 aliphatic rings. The van der Waals surface area contributed by atoms with Gasteiger partial charge in [-0.15, -0.1) is 17.9 Å². The molecule has 3 heterocycles. The fourth-order valence-corrected chi connectivity index (χ4v) is 9.36. The Morgan fingerprint density at radius 1 is 1.00 bits per heavy atom. The lowest BCUT2D eigenvalue weighted by molar-refractivity contribution is -0.143. The molecule has 1 saturated carbocycles. The monoisotopic (exact) mass is 903 g/mol. The Hall–Kier alpha value is -5.75. The van der Waals surface area contributed by atoms with Gasteiger partial charge in [-0.2, -0.15) is 8.42 Å². The maximum atomic E-state index is 14.9. The summed E-state index contributed by atoms with van der Waals surface area (Å²) in [4.78, 5) is 67.7. The highest BCUT2D eigenvalue weighted by molar-refractivity contribution is 7.85. The number of hydrogen-bond donors (Lipinski definition) is 4. The smallest absolute Gasteiger partial charge is 0.409 e. The normalized spacial score (nSPS) is 20.4. The molecule has 0 spiro atoms. The second kappa shape index (κ2) is 18.2. The molecule has 1 saturated heterocycles. The third-order valence-corrected chi connectivity index (χ3v) is 12.4. The summed E-state index contributed by atoms with van der Waals surface area (Å²) in [5.41, 5.74) is -0.492. The highest BCUT2D eigenvalue weighted by atomic mass is 32.2. The summed E-state index contributed by atoms with van der Waals surface area (Å²) >= 11 is 1.47. The van der Waals surface area contributed by atoms with Crippen LogP contribution in [0.2, 0.25) is 0 Å². The van der Waals surface area contributed by atoms with Crippen LogP contribution in [-0.2, 0) is 35.8 Å². The number of anilines is 1. The molecule has 1 aliphatic carbocycles. The first-order valence-corrected chi connectivity index (χ1v) is 23.1. The van der Waals surface area contributed by atoms with E-state index in [0.29, 0.717) is 29.1 Å². The largest absolute Gasteiger partial charge is 0.497 e. The van der Waals surface area contributed by atoms with E-state index in [4.69, 9.17) is 23.6 Å². The van der Waals surface area contributed by atoms with Gasteiger partial charge in [-0.3, -0.25) is 14.4 Å². The van der Waals surface area contributed by atoms with Crippen LogP contribution in [0.4, 0.5) is 9.93 Å². The van der Waals surface area contributed by atoms with Crippen LogP contribution in [-0.4, -0.2) is 90.0 Å². The number of nitrogens with one attached hydrogen (secondary N) is 4. The second-order valence-corrected chi connectivity index (χ2v) is 20.6. The van der Waals surface area contributed by atoms with E-state index in [1.807, 2.05) is 48.2 Å². The number of alkyl carbamates (subject to hydrolysis) is 1. The minimum atomic E-state index is -4.66. The number of thiazole rings is 1. The summed E-state index contributed by atoms with van der Waals surface area (Å²) in [5, 5.41) is 12.4. The minimum absolute atomic E-state index is 0.0146. The number of amides is 4. The van der Waals surface area contributed by atoms with Gasteiger partial charge in [0, 0.05) is 35.3 Å². The fraction of sp³-hybridized carbons (Fsp3) is 0.467. The molecule has 0 radical (unpaired) electrons. The number of methoxy groups -OCH3 is 1. The number of carbonyl (C=O) groups is 4. The molecule has 2 aromatic carbocycles. The molecule has 0 unspecified atom stereocenters. The van der Waals surface area contributed by atoms with Gasteiger partial charge in [-0.25, -0.2) is 19.5 Å². The molecule has 2 aromatic heterocycles. The molecule has 4 N–H and O–H groups in total. The Kier molecular flexibility index (Phi) is 13.5. The van der Waals surface area contributed by atoms with Crippen LogP contribution in [0.25, 0.3) is 22.3 Å². The number of rotatable bonds is 15. The number of hydrogen-bond acceptors (Lipinski definition) is 13. The lowest BCUT2D eigenvalue weighted by Crippen LogP contribution is -2.60. The minimum Gasteiger partial charge on any atom is -0.497 e. The fourth-order valence-electron chi connectivity index (χ4n) is 7.69. The van der Waals surface area contributed by atoms with Gasteiger partial charge in [-0.05, 0) is 101 Å². The van der Waals surface area contributed by atoms with Crippen molar-refractivity contribution in [1.29, 1.82) is 0 Å². The van der Waals surface area contributed by atoms with Gasteiger partial charge < -0.3 is 34.5 Å². The Labute approximate surface area is 372 Å². The highest BCUT2D eigenvalue weighted by Gasteiger charge is 2.61. The average molecular weight is 904 g/mol. The summed E-state index contributed by atoms with van der Waals surface area (Å²) in [7, 11) is -3.07. The summed E-state index contributed by atoms with van der Waals surface area (Å²) in [6.45, 7) is 18.5. The van der Waals surface area contributed by atoms with Crippen molar-refractivity contribution < 1.29 is 41.3 Å². The first-order valence-electron chi connectivity index (χ1n) is 20.8. The van der Waals surface area contributed by atoms with Crippen molar-refractivity contribution in [1.82, 2.24) is 30.2 Å². The molecule has 0 bridgehead atoms. The first kappa shape index (κ1) is 46.7. The van der Waals surface area contributed by atoms with Crippen LogP contribution < -0.4 is 29.6 Å². The first-order chi connectivity index (χ1) is 29.5. The van der Waals surface area contributed by atoms with E-state index in [-0.39, 0.29) is 37.1 Å². The Morgan fingerprint density at radius 2 is 1.71 bits per heavy atom. The van der Waals surface area contributed by atoms with Crippen molar-refractivity contribution in [2.75, 3.05) is 19.0 Å². The molecule has 6 rings (SSSR count). The third-order valence-electron chi connectivity index (χ3n) is 10.8. The second-order valence-electron chi connectivity index (χ2n) is 18.4. The van der Waals surface area contributed by atoms with E-state index in [1.54, 1.807) is 66.9 Å². The van der Waals surface area contributed by atoms with Gasteiger partial charge in [0.05, 0.1) is 18.3 Å². The van der Waals surface area contributed by atoms with Crippen LogP contribution >= 0.6 is 11.3 Å². The zero-order chi connectivity index (χ0) is 46.1. The van der Waals surface area contributed by atoms with Gasteiger partial charge in [0.1, 0.15) is 40.4 Å². The number of benzene rings is 2. The molecule has 16 nitrogen and oxygen atoms in total. The summed E-state index contributed by atoms with van der Waals surface area (Å²) in [5.74, 6) is -2.53. The molecule has 18 heteroatoms. The van der Waals surface area contributed by atoms with Crippen molar-refractivity contribution in [2.45, 2.75) is 104 Å². The molecular weight excluding hydrogens is 847 g/mol. The summed E-state index contributed by atoms with van der Waals surface area (Å²) in [6.07, 6.45) is 1.30. The summed E-state index contributed by atoms with van der Waals surface area (Å²) < 4.78 is 44.1. The SMILES string of the molecule is C=C[C@@H]1C[C@]1(NC(=O)[C@@H]1C[C@@H](Cc2cc(-c3csc(NC(C)C)n3)nc3cc(OC)ccc23)CN1C(=O)[C@@H](NC(=O)OC(C)(C)C)C(C)(C)C)C(=O)NS(=O)(=O)Oc1ccccc1. The highest BCUT2D eigenvalue weighted by Crippen LogP contribution is 2.45. The van der Waals surface area contributed by atoms with Gasteiger partial charge in [-0.1, -0.05) is 45.0 Å². The number of fused-ring (bicyclic) bond motifs is 1. The summed E-state index contributed by atoms with van der Waals surface area (Å²) in [6, 6.07) is 13.2. The number of nitrogens with zero attached hydrogens (tertiary/aromatic N) is 3. The van der Waals surface area contributed by atoms with Gasteiger partial charge in [0.15, 0.2) is 5.13 Å². The quantitative estimate of drug-likeness (QED) is 0.0959. The van der Waals surface area contributed by atoms with Crippen molar-refractivity contribution in [3.8, 4) is 22.9 Å². The zero-order valence-electron chi connectivity index (χ0n) is 37.1. The standard InChI is InChI=1S/C45H57N7O9S2/c1-11-29-23-45(29,40(55)51-63(57,58)61-30-15-13-12-14-16-30)50-38(53)36-20-27(24-52(36)39(54)37(43(4,5)6)49-42(56)60-44(7,8)9)19-28-21-34(35-25-62-41(48-35)46-26(2)3)47-33-22-31(59-10)17-18-32(28)33/h11-18,21-22,25-27,29,36-37H,1,19-20,23-24H2,2-10H3,(H,46,48)(H,49,56)(H,50,53)(H,51,55)/t27-,29-,36+,37-,45-/m1/s1. The van der Waals surface area contributed by atoms with Crippen LogP contribution in [0.3, 0.4) is 0 Å². The van der Waals surface area contributed by atoms with Crippen molar-refractivity contribution in [3.63, 3.8) is 0 Å². The predicted molar refractivity (Wildman–Crippen MR) is 241 cm³/mol. The molecule has 2 fully saturated rings. The van der Waals surface area contributed by atoms with E-state index in [2.05, 4.69) is 22.5 Å². The van der Waals surface area contributed by atoms with E-state index in [1.165, 1.54) is 34.4 Å². The number of carbonyl (C=O) groups excluding carboxylic acids is 4. The van der Waals surface area contributed by atoms with Crippen LogP contribution in [0.1, 0.15) is 73.8 Å². The maximum Gasteiger partial charge on any atom is 0.409 e. The van der Waals surface area contributed by atoms with Crippen molar-refractivity contribution in [3.05, 3.63) is 78.2 Å². The van der Waals surface area contributed by atoms with Crippen LogP contribution in [0.5, 0.6) is 11.5 Å². The van der Waals surface area contributed by atoms with Crippen molar-refractivity contribution in [2.24, 2.45) is 17.3 Å². The Bertz CT molecular complexity index is 2480. The number of likely N-dealkylation sites (tertiary alicyclic amines) is 1. The number of pyridine rings is 1. The Morgan fingerprint density at radius 3 is 2.33 bits per heavy atom. The van der Waals surface area contributed by atoms with Crippen LogP contribution in [0.15, 0.2) is 72.6 Å². The predicted octanol–water partition coefficient (Wildman–Crippen LogP) is 6.39.